The van der Waals surface area contributed by atoms with Gasteiger partial charge < -0.3 is 26.0 Å². The fourth-order valence-electron chi connectivity index (χ4n) is 4.20. The molecule has 1 aromatic carbocycles. The Hall–Kier alpha value is -3.63. The molecule has 0 bridgehead atoms. The summed E-state index contributed by atoms with van der Waals surface area (Å²) in [5.41, 5.74) is 8.70. The Morgan fingerprint density at radius 1 is 1.25 bits per heavy atom. The molecule has 4 rings (SSSR count). The van der Waals surface area contributed by atoms with Crippen molar-refractivity contribution in [1.29, 1.82) is 0 Å². The molecule has 0 unspecified atom stereocenters. The Kier molecular flexibility index (Phi) is 8.07. The van der Waals surface area contributed by atoms with Crippen LogP contribution in [0.1, 0.15) is 34.1 Å². The number of likely N-dealkylation sites (tertiary alicyclic amines) is 1. The van der Waals surface area contributed by atoms with Gasteiger partial charge in [-0.05, 0) is 43.8 Å². The van der Waals surface area contributed by atoms with Crippen molar-refractivity contribution in [1.82, 2.24) is 25.0 Å². The van der Waals surface area contributed by atoms with E-state index in [1.807, 2.05) is 16.6 Å². The first-order valence-corrected chi connectivity index (χ1v) is 12.1. The molecule has 2 aromatic heterocycles. The highest BCUT2D eigenvalue weighted by Crippen LogP contribution is 2.30. The molecule has 10 nitrogen and oxygen atoms in total. The number of aromatic nitrogens is 3. The highest BCUT2D eigenvalue weighted by Gasteiger charge is 2.30. The first kappa shape index (κ1) is 25.5. The molecule has 0 radical (unpaired) electrons. The van der Waals surface area contributed by atoms with Crippen LogP contribution >= 0.6 is 11.6 Å². The summed E-state index contributed by atoms with van der Waals surface area (Å²) in [6.07, 6.45) is 2.98. The summed E-state index contributed by atoms with van der Waals surface area (Å²) in [5, 5.41) is 10.9. The van der Waals surface area contributed by atoms with Crippen LogP contribution in [0.3, 0.4) is 0 Å². The van der Waals surface area contributed by atoms with Crippen LogP contribution in [0.15, 0.2) is 42.6 Å². The molecule has 1 saturated heterocycles. The minimum atomic E-state index is -0.169. The highest BCUT2D eigenvalue weighted by atomic mass is 35.5. The van der Waals surface area contributed by atoms with Gasteiger partial charge in [0, 0.05) is 55.5 Å². The Bertz CT molecular complexity index is 1230. The molecular weight excluding hydrogens is 482 g/mol. The van der Waals surface area contributed by atoms with E-state index in [-0.39, 0.29) is 24.3 Å². The van der Waals surface area contributed by atoms with Crippen LogP contribution in [0.2, 0.25) is 5.02 Å². The van der Waals surface area contributed by atoms with Crippen molar-refractivity contribution in [2.45, 2.75) is 18.8 Å². The van der Waals surface area contributed by atoms with Gasteiger partial charge in [-0.25, -0.2) is 4.98 Å². The fraction of sp³-hybridized carbons (Fsp3) is 0.360. The molecule has 1 atom stereocenters. The number of halogens is 1. The third-order valence-electron chi connectivity index (χ3n) is 6.09. The first-order chi connectivity index (χ1) is 17.3. The molecule has 2 amide bonds. The smallest absolute Gasteiger partial charge is 0.255 e. The van der Waals surface area contributed by atoms with E-state index in [4.69, 9.17) is 27.2 Å². The van der Waals surface area contributed by atoms with E-state index in [0.29, 0.717) is 54.0 Å². The predicted octanol–water partition coefficient (Wildman–Crippen LogP) is 2.46. The second kappa shape index (κ2) is 11.4. The van der Waals surface area contributed by atoms with Crippen molar-refractivity contribution in [2.24, 2.45) is 7.05 Å². The zero-order valence-electron chi connectivity index (χ0n) is 20.3. The maximum absolute atomic E-state index is 12.8. The minimum Gasteiger partial charge on any atom is -0.491 e. The number of nitrogen functional groups attached to an aromatic ring is 1. The molecule has 36 heavy (non-hydrogen) atoms. The number of hydrogen-bond donors (Lipinski definition) is 3. The van der Waals surface area contributed by atoms with Gasteiger partial charge in [0.2, 0.25) is 5.91 Å². The lowest BCUT2D eigenvalue weighted by Crippen LogP contribution is -2.28. The molecule has 190 valence electrons. The van der Waals surface area contributed by atoms with Gasteiger partial charge in [-0.15, -0.1) is 0 Å². The molecule has 0 aliphatic carbocycles. The average molecular weight is 512 g/mol. The summed E-state index contributed by atoms with van der Waals surface area (Å²) in [7, 11) is 3.61. The van der Waals surface area contributed by atoms with E-state index in [9.17, 15) is 9.59 Å². The monoisotopic (exact) mass is 511 g/mol. The standard InChI is InChI=1S/C25H30ClN7O3/c1-28-14-24(34)30-20-5-4-18(26)11-22(20)36-10-8-19-12-21(31-32(19)2)17-7-9-33(15-17)25(35)16-3-6-23(27)29-13-16/h3-6,11-13,17,28H,7-10,14-15H2,1-2H3,(H2,27,29)(H,30,34)/t17-/m0/s1. The number of rotatable bonds is 9. The number of carbonyl (C=O) groups is 2. The quantitative estimate of drug-likeness (QED) is 0.402. The van der Waals surface area contributed by atoms with E-state index < -0.39 is 0 Å². The Morgan fingerprint density at radius 3 is 2.83 bits per heavy atom. The van der Waals surface area contributed by atoms with Crippen LogP contribution in [0, 0.1) is 0 Å². The number of likely N-dealkylation sites (N-methyl/N-ethyl adjacent to an activating group) is 1. The third-order valence-corrected chi connectivity index (χ3v) is 6.33. The summed E-state index contributed by atoms with van der Waals surface area (Å²) in [6, 6.07) is 10.5. The summed E-state index contributed by atoms with van der Waals surface area (Å²) in [4.78, 5) is 30.6. The number of benzene rings is 1. The Labute approximate surface area is 214 Å². The first-order valence-electron chi connectivity index (χ1n) is 11.7. The van der Waals surface area contributed by atoms with Crippen molar-refractivity contribution in [3.05, 3.63) is 64.6 Å². The van der Waals surface area contributed by atoms with Crippen LogP contribution in [0.5, 0.6) is 5.75 Å². The number of carbonyl (C=O) groups excluding carboxylic acids is 2. The lowest BCUT2D eigenvalue weighted by Gasteiger charge is -2.16. The summed E-state index contributed by atoms with van der Waals surface area (Å²) >= 11 is 6.14. The van der Waals surface area contributed by atoms with Crippen molar-refractivity contribution >= 4 is 34.9 Å². The fourth-order valence-corrected chi connectivity index (χ4v) is 4.37. The summed E-state index contributed by atoms with van der Waals surface area (Å²) in [5.74, 6) is 0.849. The molecule has 1 aliphatic rings. The summed E-state index contributed by atoms with van der Waals surface area (Å²) < 4.78 is 7.82. The number of pyridine rings is 1. The topological polar surface area (TPSA) is 127 Å². The maximum atomic E-state index is 12.8. The van der Waals surface area contributed by atoms with Crippen LogP contribution in [-0.4, -0.2) is 64.8 Å². The zero-order valence-corrected chi connectivity index (χ0v) is 21.1. The van der Waals surface area contributed by atoms with Gasteiger partial charge in [0.25, 0.3) is 5.91 Å². The third kappa shape index (κ3) is 6.13. The zero-order chi connectivity index (χ0) is 25.7. The largest absolute Gasteiger partial charge is 0.491 e. The van der Waals surface area contributed by atoms with Crippen LogP contribution < -0.4 is 21.1 Å². The second-order valence-electron chi connectivity index (χ2n) is 8.71. The number of aryl methyl sites for hydroxylation is 1. The number of nitrogens with one attached hydrogen (secondary N) is 2. The Balaban J connectivity index is 1.35. The van der Waals surface area contributed by atoms with Gasteiger partial charge in [0.1, 0.15) is 11.6 Å². The lowest BCUT2D eigenvalue weighted by molar-refractivity contribution is -0.115. The maximum Gasteiger partial charge on any atom is 0.255 e. The van der Waals surface area contributed by atoms with Crippen LogP contribution in [0.25, 0.3) is 0 Å². The molecule has 3 aromatic rings. The van der Waals surface area contributed by atoms with Crippen molar-refractivity contribution in [2.75, 3.05) is 44.3 Å². The second-order valence-corrected chi connectivity index (χ2v) is 9.15. The van der Waals surface area contributed by atoms with E-state index in [1.54, 1.807) is 37.4 Å². The van der Waals surface area contributed by atoms with E-state index in [2.05, 4.69) is 21.7 Å². The van der Waals surface area contributed by atoms with E-state index >= 15 is 0 Å². The van der Waals surface area contributed by atoms with Gasteiger partial charge in [0.15, 0.2) is 0 Å². The van der Waals surface area contributed by atoms with Crippen LogP contribution in [0.4, 0.5) is 11.5 Å². The highest BCUT2D eigenvalue weighted by molar-refractivity contribution is 6.30. The van der Waals surface area contributed by atoms with Gasteiger partial charge in [0.05, 0.1) is 30.1 Å². The van der Waals surface area contributed by atoms with E-state index in [1.165, 1.54) is 6.20 Å². The molecule has 4 N–H and O–H groups in total. The molecule has 11 heteroatoms. The number of amides is 2. The van der Waals surface area contributed by atoms with Crippen LogP contribution in [-0.2, 0) is 18.3 Å². The van der Waals surface area contributed by atoms with Gasteiger partial charge >= 0.3 is 0 Å². The molecule has 3 heterocycles. The molecule has 0 spiro atoms. The average Bonchev–Trinajstić information content (AvgIpc) is 3.48. The Morgan fingerprint density at radius 2 is 2.08 bits per heavy atom. The van der Waals surface area contributed by atoms with E-state index in [0.717, 1.165) is 17.8 Å². The van der Waals surface area contributed by atoms with Crippen molar-refractivity contribution in [3.8, 4) is 5.75 Å². The van der Waals surface area contributed by atoms with Gasteiger partial charge in [-0.1, -0.05) is 11.6 Å². The van der Waals surface area contributed by atoms with Gasteiger partial charge in [-0.3, -0.25) is 14.3 Å². The number of nitrogens with two attached hydrogens (primary N) is 1. The molecule has 0 saturated carbocycles. The molecular formula is C25H30ClN7O3. The number of hydrogen-bond acceptors (Lipinski definition) is 7. The number of ether oxygens (including phenoxy) is 1. The SMILES string of the molecule is CNCC(=O)Nc1ccc(Cl)cc1OCCc1cc([C@H]2CCN(C(=O)c3ccc(N)nc3)C2)nn1C. The molecule has 1 aliphatic heterocycles. The number of anilines is 2. The lowest BCUT2D eigenvalue weighted by atomic mass is 10.0. The van der Waals surface area contributed by atoms with Gasteiger partial charge in [-0.2, -0.15) is 5.10 Å². The van der Waals surface area contributed by atoms with Crippen molar-refractivity contribution in [3.63, 3.8) is 0 Å². The molecule has 1 fully saturated rings. The minimum absolute atomic E-state index is 0.0475. The normalized spacial score (nSPS) is 15.2. The predicted molar refractivity (Wildman–Crippen MR) is 138 cm³/mol. The number of nitrogens with zero attached hydrogens (tertiary/aromatic N) is 4. The summed E-state index contributed by atoms with van der Waals surface area (Å²) in [6.45, 7) is 1.85. The van der Waals surface area contributed by atoms with Crippen molar-refractivity contribution < 1.29 is 14.3 Å².